The maximum atomic E-state index is 10.3. The fraction of sp³-hybridized carbons (Fsp3) is 0.355. The highest BCUT2D eigenvalue weighted by atomic mass is 16.5. The molecule has 3 aromatic rings. The number of phenols is 2. The lowest BCUT2D eigenvalue weighted by Gasteiger charge is -2.32. The van der Waals surface area contributed by atoms with Crippen LogP contribution >= 0.6 is 0 Å². The summed E-state index contributed by atoms with van der Waals surface area (Å²) < 4.78 is 12.7. The van der Waals surface area contributed by atoms with E-state index in [9.17, 15) is 10.2 Å². The molecule has 0 aromatic heterocycles. The maximum absolute atomic E-state index is 10.3. The lowest BCUT2D eigenvalue weighted by Crippen LogP contribution is -2.35. The fourth-order valence-corrected chi connectivity index (χ4v) is 5.35. The number of nitrogens with zero attached hydrogens (tertiary/aromatic N) is 1. The number of fused-ring (bicyclic) bond motifs is 1. The monoisotopic (exact) mass is 485 g/mol. The Morgan fingerprint density at radius 3 is 2.36 bits per heavy atom. The van der Waals surface area contributed by atoms with Crippen molar-refractivity contribution in [3.05, 3.63) is 82.9 Å². The molecule has 2 aliphatic heterocycles. The van der Waals surface area contributed by atoms with Gasteiger partial charge in [-0.1, -0.05) is 25.1 Å². The average Bonchev–Trinajstić information content (AvgIpc) is 3.31. The van der Waals surface area contributed by atoms with Crippen LogP contribution in [0.3, 0.4) is 0 Å². The second-order valence-electron chi connectivity index (χ2n) is 10.3. The van der Waals surface area contributed by atoms with Crippen LogP contribution in [0.15, 0.2) is 60.7 Å². The van der Waals surface area contributed by atoms with Gasteiger partial charge in [0.25, 0.3) is 0 Å². The van der Waals surface area contributed by atoms with Gasteiger partial charge in [0.1, 0.15) is 35.7 Å². The van der Waals surface area contributed by atoms with Crippen LogP contribution < -0.4 is 9.47 Å². The molecule has 0 aliphatic carbocycles. The first kappa shape index (κ1) is 24.3. The second kappa shape index (κ2) is 9.90. The molecule has 0 bridgehead atoms. The Morgan fingerprint density at radius 1 is 0.972 bits per heavy atom. The van der Waals surface area contributed by atoms with E-state index in [4.69, 9.17) is 9.47 Å². The van der Waals surface area contributed by atoms with Gasteiger partial charge in [0.05, 0.1) is 0 Å². The Balaban J connectivity index is 1.43. The Morgan fingerprint density at radius 2 is 1.67 bits per heavy atom. The van der Waals surface area contributed by atoms with Crippen molar-refractivity contribution in [2.24, 2.45) is 5.92 Å². The highest BCUT2D eigenvalue weighted by Gasteiger charge is 2.30. The van der Waals surface area contributed by atoms with E-state index in [0.29, 0.717) is 12.6 Å². The summed E-state index contributed by atoms with van der Waals surface area (Å²) in [5.74, 6) is 2.74. The molecule has 36 heavy (non-hydrogen) atoms. The zero-order chi connectivity index (χ0) is 25.4. The minimum atomic E-state index is -0.360. The molecular formula is C31H35NO4. The zero-order valence-corrected chi connectivity index (χ0v) is 21.5. The average molecular weight is 486 g/mol. The largest absolute Gasteiger partial charge is 0.508 e. The maximum Gasteiger partial charge on any atom is 0.150 e. The van der Waals surface area contributed by atoms with Crippen LogP contribution in [0.1, 0.15) is 55.5 Å². The summed E-state index contributed by atoms with van der Waals surface area (Å²) in [6.07, 6.45) is 0.901. The molecule has 0 saturated carbocycles. The predicted molar refractivity (Wildman–Crippen MR) is 144 cm³/mol. The molecule has 0 amide bonds. The highest BCUT2D eigenvalue weighted by Crippen LogP contribution is 2.48. The Labute approximate surface area is 213 Å². The molecule has 3 atom stereocenters. The lowest BCUT2D eigenvalue weighted by molar-refractivity contribution is 0.169. The van der Waals surface area contributed by atoms with E-state index in [-0.39, 0.29) is 17.6 Å². The van der Waals surface area contributed by atoms with Crippen LogP contribution in [0, 0.1) is 12.8 Å². The van der Waals surface area contributed by atoms with Crippen molar-refractivity contribution in [3.8, 4) is 23.0 Å². The van der Waals surface area contributed by atoms with E-state index in [0.717, 1.165) is 63.9 Å². The Bertz CT molecular complexity index is 1280. The molecule has 3 aromatic carbocycles. The van der Waals surface area contributed by atoms with E-state index in [1.807, 2.05) is 38.1 Å². The summed E-state index contributed by atoms with van der Waals surface area (Å²) in [6, 6.07) is 19.1. The molecular weight excluding hydrogens is 450 g/mol. The van der Waals surface area contributed by atoms with E-state index < -0.39 is 0 Å². The van der Waals surface area contributed by atoms with Gasteiger partial charge in [-0.2, -0.15) is 0 Å². The van der Waals surface area contributed by atoms with Gasteiger partial charge in [-0.15, -0.1) is 0 Å². The molecule has 1 fully saturated rings. The first-order valence-electron chi connectivity index (χ1n) is 12.8. The Kier molecular flexibility index (Phi) is 6.67. The first-order valence-corrected chi connectivity index (χ1v) is 12.8. The molecule has 2 aliphatic rings. The van der Waals surface area contributed by atoms with Crippen molar-refractivity contribution in [2.45, 2.75) is 46.3 Å². The van der Waals surface area contributed by atoms with Crippen LogP contribution in [0.25, 0.3) is 11.1 Å². The Hall–Kier alpha value is -3.44. The van der Waals surface area contributed by atoms with E-state index in [1.54, 1.807) is 24.3 Å². The van der Waals surface area contributed by atoms with Crippen LogP contribution in [-0.2, 0) is 0 Å². The summed E-state index contributed by atoms with van der Waals surface area (Å²) in [4.78, 5) is 2.50. The third-order valence-electron chi connectivity index (χ3n) is 7.54. The molecule has 0 radical (unpaired) electrons. The molecule has 188 valence electrons. The van der Waals surface area contributed by atoms with Gasteiger partial charge >= 0.3 is 0 Å². The van der Waals surface area contributed by atoms with E-state index >= 15 is 0 Å². The number of hydrogen-bond donors (Lipinski definition) is 2. The predicted octanol–water partition coefficient (Wildman–Crippen LogP) is 6.58. The van der Waals surface area contributed by atoms with Crippen LogP contribution in [0.4, 0.5) is 0 Å². The molecule has 5 rings (SSSR count). The van der Waals surface area contributed by atoms with Crippen LogP contribution in [0.5, 0.6) is 23.0 Å². The third-order valence-corrected chi connectivity index (χ3v) is 7.54. The topological polar surface area (TPSA) is 62.2 Å². The van der Waals surface area contributed by atoms with Crippen molar-refractivity contribution in [1.29, 1.82) is 0 Å². The number of allylic oxidation sites excluding steroid dienone is 1. The van der Waals surface area contributed by atoms with Gasteiger partial charge in [0.2, 0.25) is 0 Å². The van der Waals surface area contributed by atoms with Gasteiger partial charge in [-0.25, -0.2) is 0 Å². The zero-order valence-electron chi connectivity index (χ0n) is 21.5. The lowest BCUT2D eigenvalue weighted by atomic mass is 9.84. The number of phenolic OH excluding ortho intramolecular Hbond substituents is 2. The smallest absolute Gasteiger partial charge is 0.150 e. The third kappa shape index (κ3) is 4.80. The van der Waals surface area contributed by atoms with Crippen molar-refractivity contribution < 1.29 is 19.7 Å². The summed E-state index contributed by atoms with van der Waals surface area (Å²) in [6.45, 7) is 11.6. The fourth-order valence-electron chi connectivity index (χ4n) is 5.35. The molecule has 2 N–H and O–H groups in total. The number of benzene rings is 3. The van der Waals surface area contributed by atoms with Crippen molar-refractivity contribution in [2.75, 3.05) is 19.7 Å². The SMILES string of the molecule is CC1=C(c2cc(O)ccc2C)C(c2ccc(OC[C@H](C)N3CC[C@@H](C)C3)cc2)Oc2ccc(O)cc21. The van der Waals surface area contributed by atoms with E-state index in [2.05, 4.69) is 30.9 Å². The number of aryl methyl sites for hydroxylation is 1. The van der Waals surface area contributed by atoms with Gasteiger partial charge in [-0.3, -0.25) is 4.90 Å². The van der Waals surface area contributed by atoms with Crippen molar-refractivity contribution in [3.63, 3.8) is 0 Å². The quantitative estimate of drug-likeness (QED) is 0.413. The van der Waals surface area contributed by atoms with Gasteiger partial charge < -0.3 is 19.7 Å². The number of likely N-dealkylation sites (tertiary alicyclic amines) is 1. The van der Waals surface area contributed by atoms with Crippen LogP contribution in [-0.4, -0.2) is 40.9 Å². The number of rotatable bonds is 6. The van der Waals surface area contributed by atoms with Crippen molar-refractivity contribution >= 4 is 11.1 Å². The van der Waals surface area contributed by atoms with Gasteiger partial charge in [0.15, 0.2) is 0 Å². The van der Waals surface area contributed by atoms with Gasteiger partial charge in [0, 0.05) is 23.7 Å². The summed E-state index contributed by atoms with van der Waals surface area (Å²) in [5, 5.41) is 20.4. The first-order chi connectivity index (χ1) is 17.3. The molecule has 5 nitrogen and oxygen atoms in total. The normalized spacial score (nSPS) is 20.7. The molecule has 1 saturated heterocycles. The van der Waals surface area contributed by atoms with Crippen molar-refractivity contribution in [1.82, 2.24) is 4.90 Å². The van der Waals surface area contributed by atoms with Gasteiger partial charge in [-0.05, 0) is 104 Å². The highest BCUT2D eigenvalue weighted by molar-refractivity contribution is 5.96. The summed E-state index contributed by atoms with van der Waals surface area (Å²) >= 11 is 0. The van der Waals surface area contributed by atoms with Crippen LogP contribution in [0.2, 0.25) is 0 Å². The molecule has 1 unspecified atom stereocenters. The number of aromatic hydroxyl groups is 2. The molecule has 5 heteroatoms. The van der Waals surface area contributed by atoms with E-state index in [1.165, 1.54) is 6.42 Å². The number of hydrogen-bond acceptors (Lipinski definition) is 5. The summed E-state index contributed by atoms with van der Waals surface area (Å²) in [5.41, 5.74) is 5.82. The minimum absolute atomic E-state index is 0.196. The molecule has 2 heterocycles. The summed E-state index contributed by atoms with van der Waals surface area (Å²) in [7, 11) is 0. The second-order valence-corrected chi connectivity index (χ2v) is 10.3. The molecule has 0 spiro atoms. The number of ether oxygens (including phenoxy) is 2. The standard InChI is InChI=1S/C31H35NO4/c1-19-13-14-32(17-19)21(3)18-35-26-10-6-23(7-11-26)31-30(27-15-24(33)8-5-20(27)2)22(4)28-16-25(34)9-12-29(28)36-31/h5-12,15-16,19,21,31,33-34H,13-14,17-18H2,1-4H3/t19-,21+,31?/m1/s1. The minimum Gasteiger partial charge on any atom is -0.508 e.